The summed E-state index contributed by atoms with van der Waals surface area (Å²) in [6, 6.07) is 4.47. The summed E-state index contributed by atoms with van der Waals surface area (Å²) in [5.41, 5.74) is 1.07. The molecule has 0 aromatic heterocycles. The van der Waals surface area contributed by atoms with Crippen LogP contribution in [0.25, 0.3) is 0 Å². The van der Waals surface area contributed by atoms with E-state index in [0.29, 0.717) is 17.4 Å². The zero-order valence-corrected chi connectivity index (χ0v) is 11.7. The van der Waals surface area contributed by atoms with Crippen LogP contribution in [-0.4, -0.2) is 12.4 Å². The first-order valence-electron chi connectivity index (χ1n) is 5.65. The van der Waals surface area contributed by atoms with Crippen molar-refractivity contribution in [1.82, 2.24) is 5.32 Å². The predicted octanol–water partition coefficient (Wildman–Crippen LogP) is 4.22. The maximum atomic E-state index is 12.8. The minimum absolute atomic E-state index is 0.161. The lowest BCUT2D eigenvalue weighted by Gasteiger charge is -2.24. The van der Waals surface area contributed by atoms with Crippen LogP contribution in [0.3, 0.4) is 0 Å². The van der Waals surface area contributed by atoms with Gasteiger partial charge in [0.25, 0.3) is 0 Å². The number of halogens is 3. The van der Waals surface area contributed by atoms with Gasteiger partial charge in [0.1, 0.15) is 5.82 Å². The second-order valence-electron chi connectivity index (χ2n) is 4.94. The van der Waals surface area contributed by atoms with Crippen LogP contribution in [0.15, 0.2) is 18.2 Å². The summed E-state index contributed by atoms with van der Waals surface area (Å²) in [7, 11) is 0. The first-order valence-corrected chi connectivity index (χ1v) is 6.56. The van der Waals surface area contributed by atoms with E-state index in [1.165, 1.54) is 12.1 Å². The molecule has 1 aromatic rings. The lowest BCUT2D eigenvalue weighted by Crippen LogP contribution is -2.29. The number of hydrogen-bond acceptors (Lipinski definition) is 1. The molecule has 0 saturated carbocycles. The number of nitrogens with one attached hydrogen (secondary N) is 1. The van der Waals surface area contributed by atoms with Crippen LogP contribution in [0.5, 0.6) is 0 Å². The molecule has 0 unspecified atom stereocenters. The van der Waals surface area contributed by atoms with Gasteiger partial charge in [-0.15, -0.1) is 11.6 Å². The molecule has 0 amide bonds. The maximum Gasteiger partial charge on any atom is 0.124 e. The molecule has 0 aliphatic rings. The molecule has 0 bridgehead atoms. The van der Waals surface area contributed by atoms with Gasteiger partial charge in [-0.3, -0.25) is 0 Å². The summed E-state index contributed by atoms with van der Waals surface area (Å²) >= 11 is 11.7. The van der Waals surface area contributed by atoms with E-state index in [-0.39, 0.29) is 11.2 Å². The van der Waals surface area contributed by atoms with Crippen molar-refractivity contribution >= 4 is 23.2 Å². The molecule has 0 aliphatic heterocycles. The average molecular weight is 278 g/mol. The van der Waals surface area contributed by atoms with E-state index in [9.17, 15) is 4.39 Å². The van der Waals surface area contributed by atoms with Gasteiger partial charge in [0.2, 0.25) is 0 Å². The van der Waals surface area contributed by atoms with E-state index in [1.807, 2.05) is 0 Å². The lowest BCUT2D eigenvalue weighted by molar-refractivity contribution is 0.329. The van der Waals surface area contributed by atoms with Crippen LogP contribution in [0.1, 0.15) is 25.8 Å². The van der Waals surface area contributed by atoms with Crippen molar-refractivity contribution in [3.05, 3.63) is 34.6 Å². The van der Waals surface area contributed by atoms with E-state index in [0.717, 1.165) is 18.5 Å². The molecule has 0 atom stereocenters. The molecule has 0 aliphatic carbocycles. The normalized spacial score (nSPS) is 11.8. The zero-order chi connectivity index (χ0) is 12.9. The summed E-state index contributed by atoms with van der Waals surface area (Å²) in [5.74, 6) is 0.354. The van der Waals surface area contributed by atoms with Gasteiger partial charge in [-0.2, -0.15) is 0 Å². The molecule has 0 heterocycles. The largest absolute Gasteiger partial charge is 0.312 e. The summed E-state index contributed by atoms with van der Waals surface area (Å²) in [6.45, 7) is 5.82. The third-order valence-electron chi connectivity index (χ3n) is 2.71. The molecule has 1 rings (SSSR count). The Hall–Kier alpha value is -0.310. The van der Waals surface area contributed by atoms with Gasteiger partial charge in [0.05, 0.1) is 0 Å². The lowest BCUT2D eigenvalue weighted by atomic mass is 9.90. The zero-order valence-electron chi connectivity index (χ0n) is 10.2. The number of alkyl halides is 1. The van der Waals surface area contributed by atoms with Crippen LogP contribution in [0.2, 0.25) is 5.02 Å². The van der Waals surface area contributed by atoms with E-state index >= 15 is 0 Å². The minimum atomic E-state index is -0.304. The Balaban J connectivity index is 2.46. The molecule has 17 heavy (non-hydrogen) atoms. The van der Waals surface area contributed by atoms with Gasteiger partial charge < -0.3 is 5.32 Å². The first-order chi connectivity index (χ1) is 7.94. The highest BCUT2D eigenvalue weighted by Gasteiger charge is 2.16. The molecule has 1 aromatic carbocycles. The standard InChI is InChI=1S/C13H18Cl2FN/c1-13(2,5-6-14)9-17-8-10-3-4-11(16)7-12(10)15/h3-4,7,17H,5-6,8-9H2,1-2H3. The Bertz CT molecular complexity index is 366. The third-order valence-corrected chi connectivity index (χ3v) is 3.25. The van der Waals surface area contributed by atoms with Crippen LogP contribution in [-0.2, 0) is 6.54 Å². The van der Waals surface area contributed by atoms with Crippen LogP contribution in [0, 0.1) is 11.2 Å². The van der Waals surface area contributed by atoms with E-state index in [4.69, 9.17) is 23.2 Å². The molecule has 0 fully saturated rings. The highest BCUT2D eigenvalue weighted by molar-refractivity contribution is 6.31. The van der Waals surface area contributed by atoms with Gasteiger partial charge >= 0.3 is 0 Å². The highest BCUT2D eigenvalue weighted by atomic mass is 35.5. The second-order valence-corrected chi connectivity index (χ2v) is 5.73. The Morgan fingerprint density at radius 2 is 2.06 bits per heavy atom. The molecule has 0 radical (unpaired) electrons. The Morgan fingerprint density at radius 1 is 1.35 bits per heavy atom. The molecule has 0 spiro atoms. The van der Waals surface area contributed by atoms with Gasteiger partial charge in [0, 0.05) is 24.0 Å². The van der Waals surface area contributed by atoms with E-state index in [2.05, 4.69) is 19.2 Å². The Kier molecular flexibility index (Phi) is 5.71. The van der Waals surface area contributed by atoms with Gasteiger partial charge in [-0.05, 0) is 29.5 Å². The van der Waals surface area contributed by atoms with Crippen molar-refractivity contribution in [2.24, 2.45) is 5.41 Å². The smallest absolute Gasteiger partial charge is 0.124 e. The number of hydrogen-bond donors (Lipinski definition) is 1. The third kappa shape index (κ3) is 5.24. The second kappa shape index (κ2) is 6.58. The molecule has 1 nitrogen and oxygen atoms in total. The minimum Gasteiger partial charge on any atom is -0.312 e. The molecular formula is C13H18Cl2FN. The SMILES string of the molecule is CC(C)(CCCl)CNCc1ccc(F)cc1Cl. The van der Waals surface area contributed by atoms with Gasteiger partial charge in [0.15, 0.2) is 0 Å². The maximum absolute atomic E-state index is 12.8. The monoisotopic (exact) mass is 277 g/mol. The first kappa shape index (κ1) is 14.7. The van der Waals surface area contributed by atoms with Crippen LogP contribution in [0.4, 0.5) is 4.39 Å². The van der Waals surface area contributed by atoms with Crippen molar-refractivity contribution < 1.29 is 4.39 Å². The van der Waals surface area contributed by atoms with Crippen molar-refractivity contribution in [2.75, 3.05) is 12.4 Å². The van der Waals surface area contributed by atoms with Gasteiger partial charge in [-0.1, -0.05) is 31.5 Å². The predicted molar refractivity (Wildman–Crippen MR) is 72.2 cm³/mol. The fourth-order valence-corrected chi connectivity index (χ4v) is 2.29. The summed E-state index contributed by atoms with van der Waals surface area (Å²) in [5, 5.41) is 3.79. The van der Waals surface area contributed by atoms with Crippen LogP contribution < -0.4 is 5.32 Å². The fraction of sp³-hybridized carbons (Fsp3) is 0.538. The average Bonchev–Trinajstić information content (AvgIpc) is 2.21. The highest BCUT2D eigenvalue weighted by Crippen LogP contribution is 2.21. The number of rotatable bonds is 6. The van der Waals surface area contributed by atoms with Gasteiger partial charge in [-0.25, -0.2) is 4.39 Å². The fourth-order valence-electron chi connectivity index (χ4n) is 1.54. The molecular weight excluding hydrogens is 260 g/mol. The Labute approximate surface area is 112 Å². The van der Waals surface area contributed by atoms with Crippen molar-refractivity contribution in [1.29, 1.82) is 0 Å². The quantitative estimate of drug-likeness (QED) is 0.768. The van der Waals surface area contributed by atoms with Crippen molar-refractivity contribution in [3.63, 3.8) is 0 Å². The van der Waals surface area contributed by atoms with Crippen molar-refractivity contribution in [2.45, 2.75) is 26.8 Å². The topological polar surface area (TPSA) is 12.0 Å². The van der Waals surface area contributed by atoms with Crippen LogP contribution >= 0.6 is 23.2 Å². The molecule has 0 saturated heterocycles. The molecule has 4 heteroatoms. The van der Waals surface area contributed by atoms with E-state index < -0.39 is 0 Å². The Morgan fingerprint density at radius 3 is 2.65 bits per heavy atom. The molecule has 1 N–H and O–H groups in total. The number of benzene rings is 1. The summed E-state index contributed by atoms with van der Waals surface area (Å²) < 4.78 is 12.8. The molecule has 96 valence electrons. The van der Waals surface area contributed by atoms with Crippen molar-refractivity contribution in [3.8, 4) is 0 Å². The summed E-state index contributed by atoms with van der Waals surface area (Å²) in [6.07, 6.45) is 0.957. The summed E-state index contributed by atoms with van der Waals surface area (Å²) in [4.78, 5) is 0. The van der Waals surface area contributed by atoms with E-state index in [1.54, 1.807) is 6.07 Å².